The molecule has 0 bridgehead atoms. The summed E-state index contributed by atoms with van der Waals surface area (Å²) in [5.74, 6) is -1.66. The van der Waals surface area contributed by atoms with Crippen molar-refractivity contribution in [2.24, 2.45) is 0 Å². The van der Waals surface area contributed by atoms with Gasteiger partial charge in [0.05, 0.1) is 10.9 Å². The molecule has 1 amide bonds. The van der Waals surface area contributed by atoms with Gasteiger partial charge >= 0.3 is 0 Å². The molecule has 3 rings (SSSR count). The number of carbonyl (C=O) groups is 1. The van der Waals surface area contributed by atoms with E-state index in [4.69, 9.17) is 4.42 Å². The minimum absolute atomic E-state index is 0.0882. The first-order valence-corrected chi connectivity index (χ1v) is 8.63. The minimum Gasteiger partial charge on any atom is -0.411 e. The van der Waals surface area contributed by atoms with Crippen LogP contribution in [0.3, 0.4) is 0 Å². The molecule has 0 radical (unpaired) electrons. The van der Waals surface area contributed by atoms with Gasteiger partial charge in [0.25, 0.3) is 5.22 Å². The van der Waals surface area contributed by atoms with E-state index in [1.807, 2.05) is 31.2 Å². The second kappa shape index (κ2) is 7.65. The first-order valence-electron chi connectivity index (χ1n) is 7.75. The van der Waals surface area contributed by atoms with Crippen LogP contribution in [0, 0.1) is 18.6 Å². The Balaban J connectivity index is 1.65. The third-order valence-electron chi connectivity index (χ3n) is 3.54. The zero-order chi connectivity index (χ0) is 18.7. The number of anilines is 1. The molecule has 0 aliphatic carbocycles. The molecule has 0 saturated heterocycles. The number of nitrogens with zero attached hydrogens (tertiary/aromatic N) is 2. The van der Waals surface area contributed by atoms with Crippen LogP contribution < -0.4 is 5.32 Å². The normalized spacial score (nSPS) is 12.0. The molecule has 1 heterocycles. The Hall–Kier alpha value is -2.74. The Morgan fingerprint density at radius 3 is 2.58 bits per heavy atom. The highest BCUT2D eigenvalue weighted by Crippen LogP contribution is 2.27. The molecule has 0 fully saturated rings. The maximum atomic E-state index is 13.6. The average molecular weight is 375 g/mol. The van der Waals surface area contributed by atoms with Crippen LogP contribution in [0.15, 0.2) is 52.1 Å². The lowest BCUT2D eigenvalue weighted by Crippen LogP contribution is -2.23. The van der Waals surface area contributed by atoms with Crippen LogP contribution in [-0.2, 0) is 4.79 Å². The lowest BCUT2D eigenvalue weighted by Gasteiger charge is -2.10. The van der Waals surface area contributed by atoms with Crippen molar-refractivity contribution in [2.45, 2.75) is 24.3 Å². The summed E-state index contributed by atoms with van der Waals surface area (Å²) in [5, 5.41) is 9.90. The Morgan fingerprint density at radius 2 is 1.88 bits per heavy atom. The number of carbonyl (C=O) groups excluding carboxylic acids is 1. The van der Waals surface area contributed by atoms with Gasteiger partial charge in [-0.25, -0.2) is 8.78 Å². The number of benzene rings is 2. The number of hydrogen-bond donors (Lipinski definition) is 1. The summed E-state index contributed by atoms with van der Waals surface area (Å²) in [5.41, 5.74) is 1.80. The molecule has 3 aromatic rings. The van der Waals surface area contributed by atoms with E-state index in [-0.39, 0.29) is 10.9 Å². The van der Waals surface area contributed by atoms with Gasteiger partial charge in [-0.05, 0) is 38.1 Å². The van der Waals surface area contributed by atoms with Crippen molar-refractivity contribution in [1.82, 2.24) is 10.2 Å². The molecule has 8 heteroatoms. The molecule has 0 spiro atoms. The van der Waals surface area contributed by atoms with Crippen LogP contribution >= 0.6 is 11.8 Å². The number of thioether (sulfide) groups is 1. The van der Waals surface area contributed by atoms with E-state index in [9.17, 15) is 13.6 Å². The second-order valence-corrected chi connectivity index (χ2v) is 6.90. The number of aryl methyl sites for hydroxylation is 1. The molecule has 1 N–H and O–H groups in total. The van der Waals surface area contributed by atoms with E-state index < -0.39 is 22.8 Å². The van der Waals surface area contributed by atoms with Gasteiger partial charge in [0.2, 0.25) is 11.8 Å². The van der Waals surface area contributed by atoms with Crippen molar-refractivity contribution in [3.05, 3.63) is 59.7 Å². The largest absolute Gasteiger partial charge is 0.411 e. The SMILES string of the molecule is Cc1ccc(-c2nnc(S[C@@H](C)C(=O)Nc3ccc(F)cc3F)o2)cc1. The number of rotatable bonds is 5. The average Bonchev–Trinajstić information content (AvgIpc) is 3.06. The molecule has 2 aromatic carbocycles. The fraction of sp³-hybridized carbons (Fsp3) is 0.167. The van der Waals surface area contributed by atoms with Gasteiger partial charge in [-0.15, -0.1) is 10.2 Å². The van der Waals surface area contributed by atoms with Crippen LogP contribution in [0.4, 0.5) is 14.5 Å². The molecule has 0 unspecified atom stereocenters. The Bertz CT molecular complexity index is 928. The van der Waals surface area contributed by atoms with Crippen molar-refractivity contribution in [2.75, 3.05) is 5.32 Å². The molecule has 134 valence electrons. The van der Waals surface area contributed by atoms with Crippen LogP contribution in [0.25, 0.3) is 11.5 Å². The molecule has 1 aromatic heterocycles. The fourth-order valence-corrected chi connectivity index (χ4v) is 2.78. The van der Waals surface area contributed by atoms with Crippen LogP contribution in [0.1, 0.15) is 12.5 Å². The summed E-state index contributed by atoms with van der Waals surface area (Å²) in [7, 11) is 0. The first-order chi connectivity index (χ1) is 12.4. The number of amides is 1. The monoisotopic (exact) mass is 375 g/mol. The van der Waals surface area contributed by atoms with Crippen molar-refractivity contribution in [3.63, 3.8) is 0 Å². The van der Waals surface area contributed by atoms with Gasteiger partial charge < -0.3 is 9.73 Å². The van der Waals surface area contributed by atoms with Crippen LogP contribution in [-0.4, -0.2) is 21.4 Å². The quantitative estimate of drug-likeness (QED) is 0.668. The number of aromatic nitrogens is 2. The van der Waals surface area contributed by atoms with Gasteiger partial charge in [-0.1, -0.05) is 29.5 Å². The van der Waals surface area contributed by atoms with Crippen LogP contribution in [0.5, 0.6) is 0 Å². The van der Waals surface area contributed by atoms with E-state index in [0.717, 1.165) is 29.0 Å². The number of halogens is 2. The zero-order valence-electron chi connectivity index (χ0n) is 14.0. The lowest BCUT2D eigenvalue weighted by atomic mass is 10.1. The maximum absolute atomic E-state index is 13.6. The highest BCUT2D eigenvalue weighted by Gasteiger charge is 2.20. The van der Waals surface area contributed by atoms with E-state index in [1.54, 1.807) is 6.92 Å². The molecular weight excluding hydrogens is 360 g/mol. The first kappa shape index (κ1) is 18.1. The van der Waals surface area contributed by atoms with Gasteiger partial charge in [-0.2, -0.15) is 0 Å². The van der Waals surface area contributed by atoms with Crippen molar-refractivity contribution >= 4 is 23.4 Å². The minimum atomic E-state index is -0.838. The Kier molecular flexibility index (Phi) is 5.32. The molecule has 26 heavy (non-hydrogen) atoms. The van der Waals surface area contributed by atoms with E-state index in [2.05, 4.69) is 15.5 Å². The maximum Gasteiger partial charge on any atom is 0.277 e. The second-order valence-electron chi connectivity index (χ2n) is 5.61. The molecule has 0 aliphatic rings. The highest BCUT2D eigenvalue weighted by atomic mass is 32.2. The third-order valence-corrected chi connectivity index (χ3v) is 4.48. The molecule has 0 saturated carbocycles. The summed E-state index contributed by atoms with van der Waals surface area (Å²) in [6.45, 7) is 3.60. The van der Waals surface area contributed by atoms with Crippen LogP contribution in [0.2, 0.25) is 0 Å². The summed E-state index contributed by atoms with van der Waals surface area (Å²) in [4.78, 5) is 12.2. The van der Waals surface area contributed by atoms with Gasteiger partial charge in [0, 0.05) is 11.6 Å². The number of hydrogen-bond acceptors (Lipinski definition) is 5. The predicted molar refractivity (Wildman–Crippen MR) is 94.8 cm³/mol. The molecule has 5 nitrogen and oxygen atoms in total. The van der Waals surface area contributed by atoms with Crippen molar-refractivity contribution in [1.29, 1.82) is 0 Å². The van der Waals surface area contributed by atoms with Gasteiger partial charge in [0.1, 0.15) is 11.6 Å². The zero-order valence-corrected chi connectivity index (χ0v) is 14.8. The molecule has 1 atom stereocenters. The highest BCUT2D eigenvalue weighted by molar-refractivity contribution is 8.00. The molecule has 0 aliphatic heterocycles. The van der Waals surface area contributed by atoms with E-state index >= 15 is 0 Å². The topological polar surface area (TPSA) is 68.0 Å². The Morgan fingerprint density at radius 1 is 1.15 bits per heavy atom. The third kappa shape index (κ3) is 4.26. The molecular formula is C18H15F2N3O2S. The predicted octanol–water partition coefficient (Wildman–Crippen LogP) is 4.44. The van der Waals surface area contributed by atoms with Gasteiger partial charge in [0.15, 0.2) is 0 Å². The lowest BCUT2D eigenvalue weighted by molar-refractivity contribution is -0.115. The fourth-order valence-electron chi connectivity index (χ4n) is 2.10. The van der Waals surface area contributed by atoms with Gasteiger partial charge in [-0.3, -0.25) is 4.79 Å². The van der Waals surface area contributed by atoms with E-state index in [0.29, 0.717) is 12.0 Å². The summed E-state index contributed by atoms with van der Waals surface area (Å²) >= 11 is 1.05. The summed E-state index contributed by atoms with van der Waals surface area (Å²) < 4.78 is 32.1. The smallest absolute Gasteiger partial charge is 0.277 e. The summed E-state index contributed by atoms with van der Waals surface area (Å²) in [6.07, 6.45) is 0. The van der Waals surface area contributed by atoms with Crippen molar-refractivity contribution in [3.8, 4) is 11.5 Å². The van der Waals surface area contributed by atoms with E-state index in [1.165, 1.54) is 6.07 Å². The standard InChI is InChI=1S/C18H15F2N3O2S/c1-10-3-5-12(6-4-10)17-22-23-18(25-17)26-11(2)16(24)21-15-8-7-13(19)9-14(15)20/h3-9,11H,1-2H3,(H,21,24)/t11-/m0/s1. The number of nitrogens with one attached hydrogen (secondary N) is 1. The summed E-state index contributed by atoms with van der Waals surface area (Å²) in [6, 6.07) is 10.5. The van der Waals surface area contributed by atoms with Crippen molar-refractivity contribution < 1.29 is 18.0 Å². The Labute approximate surface area is 152 Å².